The lowest BCUT2D eigenvalue weighted by molar-refractivity contribution is -0.280. The Labute approximate surface area is 186 Å². The maximum atomic E-state index is 14.0. The monoisotopic (exact) mass is 497 g/mol. The number of hydrogen-bond acceptors (Lipinski definition) is 4. The first-order chi connectivity index (χ1) is 14.5. The van der Waals surface area contributed by atoms with Gasteiger partial charge >= 0.3 is 6.18 Å². The Bertz CT molecular complexity index is 1080. The van der Waals surface area contributed by atoms with E-state index in [-0.39, 0.29) is 6.54 Å². The number of nitrogens with one attached hydrogen (secondary N) is 2. The maximum Gasteiger partial charge on any atom is 0.431 e. The Morgan fingerprint density at radius 1 is 1.26 bits per heavy atom. The molecule has 0 fully saturated rings. The molecule has 3 aromatic rings. The van der Waals surface area contributed by atoms with Gasteiger partial charge in [0.05, 0.1) is 18.3 Å². The number of fused-ring (bicyclic) bond motifs is 2. The van der Waals surface area contributed by atoms with E-state index in [2.05, 4.69) is 31.2 Å². The van der Waals surface area contributed by atoms with Crippen molar-refractivity contribution in [3.05, 3.63) is 58.0 Å². The van der Waals surface area contributed by atoms with Gasteiger partial charge in [-0.15, -0.1) is 0 Å². The molecule has 1 atom stereocenters. The van der Waals surface area contributed by atoms with Crippen LogP contribution < -0.4 is 10.1 Å². The van der Waals surface area contributed by atoms with Crippen molar-refractivity contribution in [3.63, 3.8) is 0 Å². The fourth-order valence-corrected chi connectivity index (χ4v) is 4.64. The third-order valence-corrected chi connectivity index (χ3v) is 6.15. The highest BCUT2D eigenvalue weighted by atomic mass is 79.9. The number of rotatable bonds is 6. The highest BCUT2D eigenvalue weighted by molar-refractivity contribution is 9.10. The Morgan fingerprint density at radius 2 is 2.03 bits per heavy atom. The third kappa shape index (κ3) is 4.31. The van der Waals surface area contributed by atoms with Crippen LogP contribution in [0.15, 0.2) is 41.1 Å². The molecule has 5 nitrogen and oxygen atoms in total. The van der Waals surface area contributed by atoms with Crippen LogP contribution in [-0.4, -0.2) is 33.6 Å². The lowest BCUT2D eigenvalue weighted by Crippen LogP contribution is -2.59. The lowest BCUT2D eigenvalue weighted by Gasteiger charge is -2.39. The molecule has 1 unspecified atom stereocenters. The number of pyridine rings is 1. The number of hydrogen-bond donors (Lipinski definition) is 3. The maximum absolute atomic E-state index is 14.0. The molecule has 9 heteroatoms. The van der Waals surface area contributed by atoms with Crippen LogP contribution in [0.4, 0.5) is 13.2 Å². The summed E-state index contributed by atoms with van der Waals surface area (Å²) >= 11 is 3.44. The molecule has 1 aliphatic rings. The smallest absolute Gasteiger partial charge is 0.431 e. The Hall–Kier alpha value is -2.10. The minimum absolute atomic E-state index is 0.187. The van der Waals surface area contributed by atoms with Crippen molar-refractivity contribution >= 4 is 26.8 Å². The molecule has 0 saturated carbocycles. The number of halogens is 4. The van der Waals surface area contributed by atoms with Crippen LogP contribution in [-0.2, 0) is 18.4 Å². The van der Waals surface area contributed by atoms with Crippen molar-refractivity contribution in [2.75, 3.05) is 6.61 Å². The fourth-order valence-electron chi connectivity index (χ4n) is 4.14. The molecule has 0 spiro atoms. The standard InChI is InChI=1S/C22H23BrF3N3O2/c1-20(2,17-9-15(23)7-14-4-6-31-19(14)17)12-21(30,22(24,25)26)28-10-16-8-13-3-5-27-11-18(13)29-16/h3,5,7-9,11,28-30H,4,6,10,12H2,1-2H3. The zero-order valence-corrected chi connectivity index (χ0v) is 18.7. The number of nitrogens with zero attached hydrogens (tertiary/aromatic N) is 1. The van der Waals surface area contributed by atoms with Gasteiger partial charge in [0, 0.05) is 46.7 Å². The van der Waals surface area contributed by atoms with E-state index in [0.717, 1.165) is 20.9 Å². The number of aromatic amines is 1. The van der Waals surface area contributed by atoms with Gasteiger partial charge in [0.2, 0.25) is 5.72 Å². The Balaban J connectivity index is 1.61. The molecular weight excluding hydrogens is 475 g/mol. The zero-order chi connectivity index (χ0) is 22.4. The molecule has 166 valence electrons. The van der Waals surface area contributed by atoms with Gasteiger partial charge in [-0.25, -0.2) is 0 Å². The number of aromatic nitrogens is 2. The molecule has 4 rings (SSSR count). The normalized spacial score (nSPS) is 16.2. The van der Waals surface area contributed by atoms with Crippen LogP contribution in [0, 0.1) is 0 Å². The molecule has 1 aliphatic heterocycles. The van der Waals surface area contributed by atoms with Gasteiger partial charge in [-0.3, -0.25) is 10.3 Å². The second-order valence-corrected chi connectivity index (χ2v) is 9.49. The molecule has 0 saturated heterocycles. The van der Waals surface area contributed by atoms with Crippen molar-refractivity contribution in [2.45, 2.75) is 50.6 Å². The average Bonchev–Trinajstić information content (AvgIpc) is 3.30. The third-order valence-electron chi connectivity index (χ3n) is 5.70. The zero-order valence-electron chi connectivity index (χ0n) is 17.1. The van der Waals surface area contributed by atoms with E-state index in [1.165, 1.54) is 0 Å². The minimum atomic E-state index is -4.88. The van der Waals surface area contributed by atoms with E-state index in [4.69, 9.17) is 4.74 Å². The molecule has 0 aliphatic carbocycles. The number of ether oxygens (including phenoxy) is 1. The van der Waals surface area contributed by atoms with Crippen LogP contribution in [0.1, 0.15) is 37.1 Å². The van der Waals surface area contributed by atoms with Crippen molar-refractivity contribution < 1.29 is 23.0 Å². The van der Waals surface area contributed by atoms with E-state index in [1.54, 1.807) is 44.4 Å². The molecule has 3 N–H and O–H groups in total. The van der Waals surface area contributed by atoms with Gasteiger partial charge in [0.1, 0.15) is 5.75 Å². The van der Waals surface area contributed by atoms with E-state index < -0.39 is 23.7 Å². The second kappa shape index (κ2) is 7.79. The van der Waals surface area contributed by atoms with Crippen LogP contribution in [0.2, 0.25) is 0 Å². The quantitative estimate of drug-likeness (QED) is 0.420. The summed E-state index contributed by atoms with van der Waals surface area (Å²) in [6.45, 7) is 3.67. The van der Waals surface area contributed by atoms with E-state index in [1.807, 2.05) is 6.07 Å². The topological polar surface area (TPSA) is 70.2 Å². The van der Waals surface area contributed by atoms with Gasteiger partial charge in [0.15, 0.2) is 0 Å². The average molecular weight is 498 g/mol. The summed E-state index contributed by atoms with van der Waals surface area (Å²) in [4.78, 5) is 7.02. The van der Waals surface area contributed by atoms with Crippen molar-refractivity contribution in [1.29, 1.82) is 0 Å². The fraction of sp³-hybridized carbons (Fsp3) is 0.409. The predicted octanol–water partition coefficient (Wildman–Crippen LogP) is 4.97. The van der Waals surface area contributed by atoms with Crippen molar-refractivity contribution in [3.8, 4) is 5.75 Å². The largest absolute Gasteiger partial charge is 0.493 e. The number of alkyl halides is 3. The summed E-state index contributed by atoms with van der Waals surface area (Å²) in [5.41, 5.74) is -1.30. The number of H-pyrrole nitrogens is 1. The van der Waals surface area contributed by atoms with Gasteiger partial charge in [-0.05, 0) is 35.2 Å². The summed E-state index contributed by atoms with van der Waals surface area (Å²) in [7, 11) is 0. The molecule has 3 heterocycles. The van der Waals surface area contributed by atoms with Crippen molar-refractivity contribution in [2.24, 2.45) is 0 Å². The van der Waals surface area contributed by atoms with Crippen LogP contribution in [0.5, 0.6) is 5.75 Å². The summed E-state index contributed by atoms with van der Waals surface area (Å²) < 4.78 is 48.6. The van der Waals surface area contributed by atoms with Crippen molar-refractivity contribution in [1.82, 2.24) is 15.3 Å². The first kappa shape index (κ1) is 22.1. The summed E-state index contributed by atoms with van der Waals surface area (Å²) in [6.07, 6.45) is -1.55. The molecule has 1 aromatic carbocycles. The predicted molar refractivity (Wildman–Crippen MR) is 115 cm³/mol. The van der Waals surface area contributed by atoms with Gasteiger partial charge in [0.25, 0.3) is 0 Å². The Morgan fingerprint density at radius 3 is 2.74 bits per heavy atom. The molecule has 0 amide bonds. The highest BCUT2D eigenvalue weighted by Crippen LogP contribution is 2.45. The van der Waals surface area contributed by atoms with Crippen LogP contribution >= 0.6 is 15.9 Å². The molecular formula is C22H23BrF3N3O2. The van der Waals surface area contributed by atoms with E-state index in [0.29, 0.717) is 30.0 Å². The minimum Gasteiger partial charge on any atom is -0.493 e. The first-order valence-electron chi connectivity index (χ1n) is 9.90. The highest BCUT2D eigenvalue weighted by Gasteiger charge is 2.56. The summed E-state index contributed by atoms with van der Waals surface area (Å²) in [5.74, 6) is 0.612. The van der Waals surface area contributed by atoms with Gasteiger partial charge in [-0.1, -0.05) is 29.8 Å². The molecule has 31 heavy (non-hydrogen) atoms. The second-order valence-electron chi connectivity index (χ2n) is 8.57. The summed E-state index contributed by atoms with van der Waals surface area (Å²) in [6, 6.07) is 7.19. The SMILES string of the molecule is CC(C)(CC(O)(NCc1cc2ccncc2[nH]1)C(F)(F)F)c1cc(Br)cc2c1OCC2. The van der Waals surface area contributed by atoms with Gasteiger partial charge in [-0.2, -0.15) is 13.2 Å². The van der Waals surface area contributed by atoms with Gasteiger partial charge < -0.3 is 14.8 Å². The van der Waals surface area contributed by atoms with Crippen LogP contribution in [0.25, 0.3) is 10.9 Å². The summed E-state index contributed by atoms with van der Waals surface area (Å²) in [5, 5.41) is 14.0. The molecule has 2 aromatic heterocycles. The Kier molecular flexibility index (Phi) is 5.56. The van der Waals surface area contributed by atoms with E-state index in [9.17, 15) is 18.3 Å². The lowest BCUT2D eigenvalue weighted by atomic mass is 9.76. The van der Waals surface area contributed by atoms with E-state index >= 15 is 0 Å². The number of aliphatic hydroxyl groups is 1. The first-order valence-corrected chi connectivity index (χ1v) is 10.7. The number of benzene rings is 1. The van der Waals surface area contributed by atoms with Crippen LogP contribution in [0.3, 0.4) is 0 Å². The molecule has 0 radical (unpaired) electrons. The molecule has 0 bridgehead atoms.